The summed E-state index contributed by atoms with van der Waals surface area (Å²) in [7, 11) is 0. The summed E-state index contributed by atoms with van der Waals surface area (Å²) in [6.45, 7) is 0. The molecule has 0 bridgehead atoms. The second-order valence-electron chi connectivity index (χ2n) is 4.76. The van der Waals surface area contributed by atoms with Crippen LogP contribution in [0, 0.1) is 0 Å². The standard InChI is InChI=1S/C18H11BrS/c19-15-11-10-13(12-6-2-1-3-7-12)17-14-8-4-5-9-16(14)20-18(15)17/h1-11H. The third-order valence-corrected chi connectivity index (χ3v) is 5.69. The van der Waals surface area contributed by atoms with Gasteiger partial charge in [0.25, 0.3) is 0 Å². The molecule has 0 aliphatic rings. The number of fused-ring (bicyclic) bond motifs is 3. The molecule has 0 aliphatic carbocycles. The lowest BCUT2D eigenvalue weighted by Crippen LogP contribution is -1.79. The number of rotatable bonds is 1. The van der Waals surface area contributed by atoms with Gasteiger partial charge in [0.15, 0.2) is 0 Å². The van der Waals surface area contributed by atoms with Crippen LogP contribution < -0.4 is 0 Å². The molecule has 4 rings (SSSR count). The number of benzene rings is 3. The van der Waals surface area contributed by atoms with Crippen LogP contribution in [0.4, 0.5) is 0 Å². The zero-order chi connectivity index (χ0) is 13.5. The topological polar surface area (TPSA) is 0 Å². The van der Waals surface area contributed by atoms with Crippen LogP contribution in [0.25, 0.3) is 31.3 Å². The maximum Gasteiger partial charge on any atom is 0.0503 e. The number of halogens is 1. The van der Waals surface area contributed by atoms with E-state index >= 15 is 0 Å². The average Bonchev–Trinajstić information content (AvgIpc) is 2.89. The summed E-state index contributed by atoms with van der Waals surface area (Å²) in [5.41, 5.74) is 2.58. The van der Waals surface area contributed by atoms with Gasteiger partial charge in [-0.1, -0.05) is 54.6 Å². The quantitative estimate of drug-likeness (QED) is 0.372. The highest BCUT2D eigenvalue weighted by molar-refractivity contribution is 9.10. The first-order valence-electron chi connectivity index (χ1n) is 6.50. The van der Waals surface area contributed by atoms with Crippen molar-refractivity contribution >= 4 is 47.4 Å². The molecule has 0 saturated heterocycles. The van der Waals surface area contributed by atoms with E-state index in [9.17, 15) is 0 Å². The van der Waals surface area contributed by atoms with Crippen molar-refractivity contribution in [1.29, 1.82) is 0 Å². The van der Waals surface area contributed by atoms with Crippen molar-refractivity contribution in [3.63, 3.8) is 0 Å². The highest BCUT2D eigenvalue weighted by Crippen LogP contribution is 2.43. The van der Waals surface area contributed by atoms with Gasteiger partial charge >= 0.3 is 0 Å². The van der Waals surface area contributed by atoms with Crippen LogP contribution in [0.2, 0.25) is 0 Å². The van der Waals surface area contributed by atoms with E-state index in [4.69, 9.17) is 0 Å². The summed E-state index contributed by atoms with van der Waals surface area (Å²) in [6, 6.07) is 23.6. The molecule has 0 radical (unpaired) electrons. The van der Waals surface area contributed by atoms with Crippen molar-refractivity contribution in [2.75, 3.05) is 0 Å². The minimum atomic E-state index is 1.17. The van der Waals surface area contributed by atoms with Crippen molar-refractivity contribution in [3.8, 4) is 11.1 Å². The van der Waals surface area contributed by atoms with E-state index < -0.39 is 0 Å². The van der Waals surface area contributed by atoms with Gasteiger partial charge in [0, 0.05) is 19.9 Å². The van der Waals surface area contributed by atoms with Gasteiger partial charge in [0.1, 0.15) is 0 Å². The van der Waals surface area contributed by atoms with Gasteiger partial charge in [0.05, 0.1) is 4.70 Å². The van der Waals surface area contributed by atoms with E-state index in [1.54, 1.807) is 0 Å². The number of hydrogen-bond acceptors (Lipinski definition) is 1. The maximum atomic E-state index is 3.69. The van der Waals surface area contributed by atoms with Crippen LogP contribution in [-0.4, -0.2) is 0 Å². The minimum absolute atomic E-state index is 1.17. The zero-order valence-electron chi connectivity index (χ0n) is 10.6. The normalized spacial score (nSPS) is 11.2. The van der Waals surface area contributed by atoms with Gasteiger partial charge in [-0.3, -0.25) is 0 Å². The summed E-state index contributed by atoms with van der Waals surface area (Å²) >= 11 is 5.54. The highest BCUT2D eigenvalue weighted by Gasteiger charge is 2.12. The van der Waals surface area contributed by atoms with Crippen LogP contribution in [0.3, 0.4) is 0 Å². The summed E-state index contributed by atoms with van der Waals surface area (Å²) < 4.78 is 3.84. The monoisotopic (exact) mass is 338 g/mol. The molecular weight excluding hydrogens is 328 g/mol. The number of thiophene rings is 1. The third kappa shape index (κ3) is 1.80. The molecule has 1 aromatic heterocycles. The maximum absolute atomic E-state index is 3.69. The average molecular weight is 339 g/mol. The summed E-state index contributed by atoms with van der Waals surface area (Å²) in [5, 5.41) is 2.69. The Kier molecular flexibility index (Phi) is 2.86. The molecule has 2 heteroatoms. The largest absolute Gasteiger partial charge is 0.134 e. The molecule has 96 valence electrons. The molecule has 0 nitrogen and oxygen atoms in total. The predicted octanol–water partition coefficient (Wildman–Crippen LogP) is 6.48. The Bertz CT molecular complexity index is 907. The molecule has 0 atom stereocenters. The van der Waals surface area contributed by atoms with Crippen molar-refractivity contribution in [2.45, 2.75) is 0 Å². The first kappa shape index (κ1) is 12.1. The van der Waals surface area contributed by atoms with Crippen molar-refractivity contribution < 1.29 is 0 Å². The Balaban J connectivity index is 2.19. The Morgan fingerprint density at radius 2 is 1.50 bits per heavy atom. The Morgan fingerprint density at radius 1 is 0.750 bits per heavy atom. The smallest absolute Gasteiger partial charge is 0.0503 e. The molecule has 1 heterocycles. The molecule has 4 aromatic rings. The van der Waals surface area contributed by atoms with Crippen LogP contribution in [0.5, 0.6) is 0 Å². The van der Waals surface area contributed by atoms with E-state index in [-0.39, 0.29) is 0 Å². The van der Waals surface area contributed by atoms with Crippen molar-refractivity contribution in [2.24, 2.45) is 0 Å². The second kappa shape index (κ2) is 4.72. The van der Waals surface area contributed by atoms with E-state index in [0.29, 0.717) is 0 Å². The fourth-order valence-corrected chi connectivity index (χ4v) is 4.36. The second-order valence-corrected chi connectivity index (χ2v) is 6.67. The van der Waals surface area contributed by atoms with Crippen LogP contribution in [-0.2, 0) is 0 Å². The molecule has 0 unspecified atom stereocenters. The van der Waals surface area contributed by atoms with E-state index in [1.807, 2.05) is 11.3 Å². The van der Waals surface area contributed by atoms with E-state index in [1.165, 1.54) is 35.8 Å². The zero-order valence-corrected chi connectivity index (χ0v) is 13.0. The minimum Gasteiger partial charge on any atom is -0.134 e. The number of hydrogen-bond donors (Lipinski definition) is 0. The first-order chi connectivity index (χ1) is 9.84. The lowest BCUT2D eigenvalue weighted by molar-refractivity contribution is 1.66. The highest BCUT2D eigenvalue weighted by atomic mass is 79.9. The molecule has 0 fully saturated rings. The van der Waals surface area contributed by atoms with Crippen molar-refractivity contribution in [1.82, 2.24) is 0 Å². The molecule has 20 heavy (non-hydrogen) atoms. The van der Waals surface area contributed by atoms with Gasteiger partial charge in [-0.15, -0.1) is 11.3 Å². The van der Waals surface area contributed by atoms with Gasteiger partial charge < -0.3 is 0 Å². The lowest BCUT2D eigenvalue weighted by atomic mass is 10.00. The Morgan fingerprint density at radius 3 is 2.35 bits per heavy atom. The SMILES string of the molecule is Brc1ccc(-c2ccccc2)c2c1sc1ccccc12. The fourth-order valence-electron chi connectivity index (χ4n) is 2.65. The van der Waals surface area contributed by atoms with Gasteiger partial charge in [-0.05, 0) is 39.2 Å². The van der Waals surface area contributed by atoms with Gasteiger partial charge in [-0.25, -0.2) is 0 Å². The molecule has 0 saturated carbocycles. The fraction of sp³-hybridized carbons (Fsp3) is 0. The predicted molar refractivity (Wildman–Crippen MR) is 92.5 cm³/mol. The summed E-state index contributed by atoms with van der Waals surface area (Å²) in [6.07, 6.45) is 0. The Labute approximate surface area is 129 Å². The lowest BCUT2D eigenvalue weighted by Gasteiger charge is -2.05. The first-order valence-corrected chi connectivity index (χ1v) is 8.11. The molecular formula is C18H11BrS. The summed E-state index contributed by atoms with van der Waals surface area (Å²) in [5.74, 6) is 0. The van der Waals surface area contributed by atoms with Crippen LogP contribution in [0.15, 0.2) is 71.2 Å². The Hall–Kier alpha value is -1.64. The molecule has 3 aromatic carbocycles. The van der Waals surface area contributed by atoms with E-state index in [0.717, 1.165) is 0 Å². The van der Waals surface area contributed by atoms with Crippen LogP contribution >= 0.6 is 27.3 Å². The molecule has 0 amide bonds. The molecule has 0 N–H and O–H groups in total. The third-order valence-electron chi connectivity index (χ3n) is 3.56. The van der Waals surface area contributed by atoms with E-state index in [2.05, 4.69) is 82.7 Å². The summed E-state index contributed by atoms with van der Waals surface area (Å²) in [4.78, 5) is 0. The van der Waals surface area contributed by atoms with Crippen LogP contribution in [0.1, 0.15) is 0 Å². The van der Waals surface area contributed by atoms with Gasteiger partial charge in [0.2, 0.25) is 0 Å². The molecule has 0 aliphatic heterocycles. The molecule has 0 spiro atoms. The van der Waals surface area contributed by atoms with Crippen molar-refractivity contribution in [3.05, 3.63) is 71.2 Å². The van der Waals surface area contributed by atoms with Gasteiger partial charge in [-0.2, -0.15) is 0 Å².